The van der Waals surface area contributed by atoms with Gasteiger partial charge in [-0.05, 0) is 18.2 Å². The normalized spacial score (nSPS) is 10.8. The number of ether oxygens (including phenoxy) is 1. The number of hydrogen-bond acceptors (Lipinski definition) is 2. The highest BCUT2D eigenvalue weighted by Gasteiger charge is 2.16. The van der Waals surface area contributed by atoms with Crippen molar-refractivity contribution >= 4 is 22.3 Å². The molecule has 0 fully saturated rings. The maximum absolute atomic E-state index is 5.35. The summed E-state index contributed by atoms with van der Waals surface area (Å²) in [5, 5.41) is 4.81. The largest absolute Gasteiger partial charge is 0.497 e. The number of benzene rings is 3. The van der Waals surface area contributed by atoms with Crippen molar-refractivity contribution in [1.82, 2.24) is 4.57 Å². The molecule has 0 bridgehead atoms. The summed E-state index contributed by atoms with van der Waals surface area (Å²) in [5.41, 5.74) is 5.67. The van der Waals surface area contributed by atoms with Crippen molar-refractivity contribution in [2.24, 2.45) is 7.05 Å². The van der Waals surface area contributed by atoms with Gasteiger partial charge in [0.1, 0.15) is 5.75 Å². The lowest BCUT2D eigenvalue weighted by Gasteiger charge is -2.11. The number of rotatable bonds is 4. The van der Waals surface area contributed by atoms with E-state index in [0.717, 1.165) is 17.1 Å². The van der Waals surface area contributed by atoms with E-state index in [9.17, 15) is 0 Å². The number of methoxy groups -OCH3 is 1. The summed E-state index contributed by atoms with van der Waals surface area (Å²) in [6, 6.07) is 26.9. The van der Waals surface area contributed by atoms with Crippen molar-refractivity contribution in [3.8, 4) is 17.0 Å². The molecule has 4 aromatic rings. The van der Waals surface area contributed by atoms with Crippen LogP contribution in [0, 0.1) is 0 Å². The number of aromatic nitrogens is 1. The Kier molecular flexibility index (Phi) is 3.90. The van der Waals surface area contributed by atoms with Gasteiger partial charge in [0, 0.05) is 29.8 Å². The van der Waals surface area contributed by atoms with Crippen LogP contribution in [-0.4, -0.2) is 11.7 Å². The molecule has 3 heteroatoms. The Balaban J connectivity index is 1.92. The van der Waals surface area contributed by atoms with Gasteiger partial charge in [0.25, 0.3) is 0 Å². The minimum atomic E-state index is 0.839. The lowest BCUT2D eigenvalue weighted by atomic mass is 10.1. The molecule has 0 unspecified atom stereocenters. The van der Waals surface area contributed by atoms with Crippen molar-refractivity contribution in [3.63, 3.8) is 0 Å². The first kappa shape index (κ1) is 15.3. The zero-order valence-electron chi connectivity index (χ0n) is 14.4. The molecule has 1 aromatic heterocycles. The van der Waals surface area contributed by atoms with E-state index in [-0.39, 0.29) is 0 Å². The van der Waals surface area contributed by atoms with Crippen molar-refractivity contribution in [2.45, 2.75) is 0 Å². The van der Waals surface area contributed by atoms with Gasteiger partial charge in [0.15, 0.2) is 0 Å². The van der Waals surface area contributed by atoms with Crippen LogP contribution in [0.4, 0.5) is 11.4 Å². The van der Waals surface area contributed by atoms with Gasteiger partial charge in [-0.1, -0.05) is 54.6 Å². The third-order valence-electron chi connectivity index (χ3n) is 4.49. The Morgan fingerprint density at radius 2 is 1.60 bits per heavy atom. The summed E-state index contributed by atoms with van der Waals surface area (Å²) in [5.74, 6) is 0.839. The van der Waals surface area contributed by atoms with Crippen LogP contribution < -0.4 is 10.1 Å². The van der Waals surface area contributed by atoms with E-state index in [1.807, 2.05) is 24.3 Å². The summed E-state index contributed by atoms with van der Waals surface area (Å²) in [4.78, 5) is 0. The zero-order valence-corrected chi connectivity index (χ0v) is 14.4. The molecule has 0 radical (unpaired) electrons. The Hall–Kier alpha value is -3.20. The second kappa shape index (κ2) is 6.36. The number of para-hydroxylation sites is 1. The molecule has 0 saturated carbocycles. The Bertz CT molecular complexity index is 1020. The number of hydrogen-bond donors (Lipinski definition) is 1. The highest BCUT2D eigenvalue weighted by atomic mass is 16.5. The number of nitrogens with zero attached hydrogens (tertiary/aromatic N) is 1. The van der Waals surface area contributed by atoms with Crippen LogP contribution in [0.25, 0.3) is 22.2 Å². The monoisotopic (exact) mass is 328 g/mol. The number of nitrogens with one attached hydrogen (secondary N) is 1. The molecule has 25 heavy (non-hydrogen) atoms. The molecule has 0 aliphatic rings. The fourth-order valence-electron chi connectivity index (χ4n) is 3.30. The van der Waals surface area contributed by atoms with E-state index >= 15 is 0 Å². The Morgan fingerprint density at radius 1 is 0.840 bits per heavy atom. The Morgan fingerprint density at radius 3 is 2.40 bits per heavy atom. The lowest BCUT2D eigenvalue weighted by molar-refractivity contribution is 0.415. The first-order chi connectivity index (χ1) is 12.3. The fraction of sp³-hybridized carbons (Fsp3) is 0.0909. The van der Waals surface area contributed by atoms with Crippen LogP contribution in [0.1, 0.15) is 0 Å². The second-order valence-corrected chi connectivity index (χ2v) is 6.02. The average molecular weight is 328 g/mol. The van der Waals surface area contributed by atoms with Crippen LogP contribution in [0.2, 0.25) is 0 Å². The van der Waals surface area contributed by atoms with Crippen molar-refractivity contribution in [3.05, 3.63) is 78.9 Å². The van der Waals surface area contributed by atoms with Crippen LogP contribution in [0.15, 0.2) is 78.9 Å². The summed E-state index contributed by atoms with van der Waals surface area (Å²) < 4.78 is 7.60. The van der Waals surface area contributed by atoms with Crippen LogP contribution >= 0.6 is 0 Å². The van der Waals surface area contributed by atoms with Crippen LogP contribution in [0.3, 0.4) is 0 Å². The van der Waals surface area contributed by atoms with Gasteiger partial charge in [-0.3, -0.25) is 0 Å². The van der Waals surface area contributed by atoms with Gasteiger partial charge in [-0.2, -0.15) is 0 Å². The zero-order chi connectivity index (χ0) is 17.2. The van der Waals surface area contributed by atoms with Gasteiger partial charge in [-0.25, -0.2) is 0 Å². The van der Waals surface area contributed by atoms with Gasteiger partial charge in [0.05, 0.1) is 24.0 Å². The van der Waals surface area contributed by atoms with Crippen molar-refractivity contribution in [2.75, 3.05) is 12.4 Å². The average Bonchev–Trinajstić information content (AvgIpc) is 2.95. The third kappa shape index (κ3) is 2.74. The van der Waals surface area contributed by atoms with E-state index < -0.39 is 0 Å². The minimum Gasteiger partial charge on any atom is -0.497 e. The molecule has 124 valence electrons. The smallest absolute Gasteiger partial charge is 0.120 e. The molecule has 3 aromatic carbocycles. The number of anilines is 2. The predicted molar refractivity (Wildman–Crippen MR) is 105 cm³/mol. The molecular formula is C22H20N2O. The summed E-state index contributed by atoms with van der Waals surface area (Å²) in [6.07, 6.45) is 0. The molecule has 1 heterocycles. The third-order valence-corrected chi connectivity index (χ3v) is 4.49. The van der Waals surface area contributed by atoms with Gasteiger partial charge >= 0.3 is 0 Å². The SMILES string of the molecule is COc1cccc(Nc2c(-c3ccccc3)n(C)c3ccccc23)c1. The molecule has 0 atom stereocenters. The lowest BCUT2D eigenvalue weighted by Crippen LogP contribution is -1.96. The standard InChI is InChI=1S/C22H20N2O/c1-24-20-14-7-6-13-19(20)21(22(24)16-9-4-3-5-10-16)23-17-11-8-12-18(15-17)25-2/h3-15,23H,1-2H3. The number of aryl methyl sites for hydroxylation is 1. The topological polar surface area (TPSA) is 26.2 Å². The molecule has 0 saturated heterocycles. The molecule has 3 nitrogen and oxygen atoms in total. The highest BCUT2D eigenvalue weighted by Crippen LogP contribution is 2.39. The molecule has 0 aliphatic carbocycles. The van der Waals surface area contributed by atoms with Gasteiger partial charge < -0.3 is 14.6 Å². The Labute approximate surface area is 147 Å². The van der Waals surface area contributed by atoms with Crippen molar-refractivity contribution in [1.29, 1.82) is 0 Å². The quantitative estimate of drug-likeness (QED) is 0.528. The van der Waals surface area contributed by atoms with E-state index in [1.54, 1.807) is 7.11 Å². The highest BCUT2D eigenvalue weighted by molar-refractivity contribution is 6.03. The molecule has 0 amide bonds. The van der Waals surface area contributed by atoms with Crippen LogP contribution in [-0.2, 0) is 7.05 Å². The second-order valence-electron chi connectivity index (χ2n) is 6.02. The van der Waals surface area contributed by atoms with Gasteiger partial charge in [-0.15, -0.1) is 0 Å². The summed E-state index contributed by atoms with van der Waals surface area (Å²) in [7, 11) is 3.80. The first-order valence-corrected chi connectivity index (χ1v) is 8.32. The maximum atomic E-state index is 5.35. The van der Waals surface area contributed by atoms with E-state index in [4.69, 9.17) is 4.74 Å². The maximum Gasteiger partial charge on any atom is 0.120 e. The predicted octanol–water partition coefficient (Wildman–Crippen LogP) is 5.60. The molecule has 4 rings (SSSR count). The van der Waals surface area contributed by atoms with Crippen LogP contribution in [0.5, 0.6) is 5.75 Å². The van der Waals surface area contributed by atoms with E-state index in [1.165, 1.54) is 22.2 Å². The minimum absolute atomic E-state index is 0.839. The van der Waals surface area contributed by atoms with Crippen molar-refractivity contribution < 1.29 is 4.74 Å². The molecular weight excluding hydrogens is 308 g/mol. The molecule has 0 aliphatic heterocycles. The van der Waals surface area contributed by atoms with Gasteiger partial charge in [0.2, 0.25) is 0 Å². The van der Waals surface area contributed by atoms with E-state index in [2.05, 4.69) is 71.5 Å². The molecule has 1 N–H and O–H groups in total. The van der Waals surface area contributed by atoms with E-state index in [0.29, 0.717) is 0 Å². The first-order valence-electron chi connectivity index (χ1n) is 8.32. The molecule has 0 spiro atoms. The number of fused-ring (bicyclic) bond motifs is 1. The summed E-state index contributed by atoms with van der Waals surface area (Å²) >= 11 is 0. The summed E-state index contributed by atoms with van der Waals surface area (Å²) in [6.45, 7) is 0. The fourth-order valence-corrected chi connectivity index (χ4v) is 3.30.